The lowest BCUT2D eigenvalue weighted by atomic mass is 9.87. The van der Waals surface area contributed by atoms with Gasteiger partial charge in [0.1, 0.15) is 6.10 Å². The molecule has 1 aromatic rings. The largest absolute Gasteiger partial charge is 0.366 e. The molecule has 0 unspecified atom stereocenters. The van der Waals surface area contributed by atoms with Crippen LogP contribution in [0.5, 0.6) is 0 Å². The van der Waals surface area contributed by atoms with Crippen molar-refractivity contribution in [2.75, 3.05) is 19.6 Å². The quantitative estimate of drug-likeness (QED) is 0.929. The highest BCUT2D eigenvalue weighted by molar-refractivity contribution is 5.76. The van der Waals surface area contributed by atoms with E-state index in [0.29, 0.717) is 26.1 Å². The molecule has 1 fully saturated rings. The number of nitrogens with zero attached hydrogens (tertiary/aromatic N) is 1. The highest BCUT2D eigenvalue weighted by Gasteiger charge is 2.37. The molecule has 0 bridgehead atoms. The average molecular weight is 290 g/mol. The fourth-order valence-electron chi connectivity index (χ4n) is 2.57. The van der Waals surface area contributed by atoms with Crippen LogP contribution in [0.15, 0.2) is 30.3 Å². The Balaban J connectivity index is 2.20. The van der Waals surface area contributed by atoms with Crippen molar-refractivity contribution in [1.82, 2.24) is 4.90 Å². The number of morpholine rings is 1. The van der Waals surface area contributed by atoms with Crippen LogP contribution in [0, 0.1) is 5.41 Å². The maximum atomic E-state index is 12.2. The van der Waals surface area contributed by atoms with E-state index in [2.05, 4.69) is 32.9 Å². The lowest BCUT2D eigenvalue weighted by Gasteiger charge is -2.43. The first-order valence-corrected chi connectivity index (χ1v) is 7.60. The Morgan fingerprint density at radius 2 is 1.95 bits per heavy atom. The van der Waals surface area contributed by atoms with Crippen molar-refractivity contribution in [3.05, 3.63) is 35.9 Å². The Morgan fingerprint density at radius 3 is 2.52 bits per heavy atom. The van der Waals surface area contributed by atoms with Crippen LogP contribution in [0.3, 0.4) is 0 Å². The molecule has 1 heterocycles. The minimum absolute atomic E-state index is 0.00526. The van der Waals surface area contributed by atoms with Crippen LogP contribution in [-0.2, 0) is 9.53 Å². The number of amides is 1. The molecule has 2 N–H and O–H groups in total. The predicted octanol–water partition coefficient (Wildman–Crippen LogP) is 2.35. The Hall–Kier alpha value is -1.39. The van der Waals surface area contributed by atoms with Crippen LogP contribution >= 0.6 is 0 Å². The third-order valence-corrected chi connectivity index (χ3v) is 3.95. The second kappa shape index (κ2) is 6.58. The van der Waals surface area contributed by atoms with Crippen molar-refractivity contribution in [1.29, 1.82) is 0 Å². The summed E-state index contributed by atoms with van der Waals surface area (Å²) in [5.41, 5.74) is 6.64. The van der Waals surface area contributed by atoms with Crippen molar-refractivity contribution in [3.8, 4) is 0 Å². The van der Waals surface area contributed by atoms with Crippen LogP contribution in [0.4, 0.5) is 0 Å². The van der Waals surface area contributed by atoms with Gasteiger partial charge in [-0.1, -0.05) is 51.1 Å². The van der Waals surface area contributed by atoms with Crippen LogP contribution in [0.25, 0.3) is 0 Å². The number of benzene rings is 1. The number of carbonyl (C=O) groups excluding carboxylic acids is 1. The molecule has 4 nitrogen and oxygen atoms in total. The molecule has 0 spiro atoms. The number of ether oxygens (including phenoxy) is 1. The zero-order valence-electron chi connectivity index (χ0n) is 13.2. The van der Waals surface area contributed by atoms with Gasteiger partial charge in [0, 0.05) is 19.5 Å². The molecule has 1 aliphatic rings. The van der Waals surface area contributed by atoms with Crippen LogP contribution in [0.1, 0.15) is 38.9 Å². The molecule has 116 valence electrons. The number of hydrogen-bond donors (Lipinski definition) is 1. The Morgan fingerprint density at radius 1 is 1.29 bits per heavy atom. The summed E-state index contributed by atoms with van der Waals surface area (Å²) in [6.07, 6.45) is 0.363. The minimum Gasteiger partial charge on any atom is -0.366 e. The zero-order valence-corrected chi connectivity index (χ0v) is 13.2. The Labute approximate surface area is 127 Å². The van der Waals surface area contributed by atoms with E-state index < -0.39 is 0 Å². The topological polar surface area (TPSA) is 55.6 Å². The maximum absolute atomic E-state index is 12.2. The minimum atomic E-state index is -0.0640. The smallest absolute Gasteiger partial charge is 0.224 e. The number of hydrogen-bond acceptors (Lipinski definition) is 3. The molecule has 21 heavy (non-hydrogen) atoms. The lowest BCUT2D eigenvalue weighted by molar-refractivity contribution is -0.157. The zero-order chi connectivity index (χ0) is 15.5. The molecule has 0 saturated carbocycles. The van der Waals surface area contributed by atoms with Crippen molar-refractivity contribution >= 4 is 5.91 Å². The monoisotopic (exact) mass is 290 g/mol. The lowest BCUT2D eigenvalue weighted by Crippen LogP contribution is -2.51. The summed E-state index contributed by atoms with van der Waals surface area (Å²) in [5, 5.41) is 0. The third kappa shape index (κ3) is 4.05. The van der Waals surface area contributed by atoms with Crippen molar-refractivity contribution in [3.63, 3.8) is 0 Å². The van der Waals surface area contributed by atoms with E-state index in [1.165, 1.54) is 0 Å². The van der Waals surface area contributed by atoms with Crippen LogP contribution in [-0.4, -0.2) is 36.5 Å². The van der Waals surface area contributed by atoms with E-state index in [0.717, 1.165) is 5.56 Å². The first kappa shape index (κ1) is 16.0. The third-order valence-electron chi connectivity index (χ3n) is 3.95. The fourth-order valence-corrected chi connectivity index (χ4v) is 2.57. The molecule has 1 saturated heterocycles. The summed E-state index contributed by atoms with van der Waals surface area (Å²) in [6, 6.07) is 10.1. The van der Waals surface area contributed by atoms with E-state index in [1.54, 1.807) is 0 Å². The number of nitrogens with two attached hydrogens (primary N) is 1. The molecule has 1 aromatic carbocycles. The highest BCUT2D eigenvalue weighted by Crippen LogP contribution is 2.33. The fraction of sp³-hybridized carbons (Fsp3) is 0.588. The predicted molar refractivity (Wildman–Crippen MR) is 83.8 cm³/mol. The molecule has 1 amide bonds. The van der Waals surface area contributed by atoms with Crippen molar-refractivity contribution < 1.29 is 9.53 Å². The molecule has 2 atom stereocenters. The van der Waals surface area contributed by atoms with E-state index in [1.807, 2.05) is 23.1 Å². The SMILES string of the molecule is CC(C)(C)[C@H]1CN(C(=O)CCN)C[C@@H](c2ccccc2)O1. The van der Waals surface area contributed by atoms with Gasteiger partial charge in [-0.3, -0.25) is 4.79 Å². The van der Waals surface area contributed by atoms with Gasteiger partial charge in [0.05, 0.1) is 12.6 Å². The van der Waals surface area contributed by atoms with Gasteiger partial charge in [0.25, 0.3) is 0 Å². The normalized spacial score (nSPS) is 23.1. The maximum Gasteiger partial charge on any atom is 0.224 e. The van der Waals surface area contributed by atoms with E-state index >= 15 is 0 Å². The molecule has 1 aliphatic heterocycles. The van der Waals surface area contributed by atoms with Gasteiger partial charge in [-0.15, -0.1) is 0 Å². The van der Waals surface area contributed by atoms with Gasteiger partial charge in [-0.05, 0) is 11.0 Å². The molecule has 4 heteroatoms. The Bertz CT molecular complexity index is 467. The number of carbonyl (C=O) groups is 1. The highest BCUT2D eigenvalue weighted by atomic mass is 16.5. The second-order valence-corrected chi connectivity index (χ2v) is 6.73. The molecular formula is C17H26N2O2. The van der Waals surface area contributed by atoms with Gasteiger partial charge in [-0.2, -0.15) is 0 Å². The van der Waals surface area contributed by atoms with Gasteiger partial charge in [-0.25, -0.2) is 0 Å². The van der Waals surface area contributed by atoms with Crippen molar-refractivity contribution in [2.24, 2.45) is 11.1 Å². The summed E-state index contributed by atoms with van der Waals surface area (Å²) in [7, 11) is 0. The molecule has 0 radical (unpaired) electrons. The van der Waals surface area contributed by atoms with Crippen molar-refractivity contribution in [2.45, 2.75) is 39.4 Å². The van der Waals surface area contributed by atoms with Gasteiger partial charge >= 0.3 is 0 Å². The van der Waals surface area contributed by atoms with Crippen LogP contribution in [0.2, 0.25) is 0 Å². The molecule has 2 rings (SSSR count). The van der Waals surface area contributed by atoms with Gasteiger partial charge in [0.15, 0.2) is 0 Å². The van der Waals surface area contributed by atoms with E-state index in [9.17, 15) is 4.79 Å². The first-order chi connectivity index (χ1) is 9.91. The second-order valence-electron chi connectivity index (χ2n) is 6.73. The number of rotatable bonds is 3. The van der Waals surface area contributed by atoms with Gasteiger partial charge in [0.2, 0.25) is 5.91 Å². The summed E-state index contributed by atoms with van der Waals surface area (Å²) in [4.78, 5) is 14.1. The average Bonchev–Trinajstić information content (AvgIpc) is 2.47. The molecule has 0 aromatic heterocycles. The first-order valence-electron chi connectivity index (χ1n) is 7.60. The standard InChI is InChI=1S/C17H26N2O2/c1-17(2,3)15-12-19(16(20)9-10-18)11-14(21-15)13-7-5-4-6-8-13/h4-8,14-15H,9-12,18H2,1-3H3/t14-,15+/m0/s1. The summed E-state index contributed by atoms with van der Waals surface area (Å²) in [5.74, 6) is 0.121. The van der Waals surface area contributed by atoms with Crippen LogP contribution < -0.4 is 5.73 Å². The summed E-state index contributed by atoms with van der Waals surface area (Å²) in [6.45, 7) is 8.09. The molecule has 0 aliphatic carbocycles. The summed E-state index contributed by atoms with van der Waals surface area (Å²) < 4.78 is 6.27. The molecular weight excluding hydrogens is 264 g/mol. The van der Waals surface area contributed by atoms with E-state index in [4.69, 9.17) is 10.5 Å². The van der Waals surface area contributed by atoms with Gasteiger partial charge < -0.3 is 15.4 Å². The van der Waals surface area contributed by atoms with E-state index in [-0.39, 0.29) is 23.5 Å². The Kier molecular flexibility index (Phi) is 5.01. The summed E-state index contributed by atoms with van der Waals surface area (Å²) >= 11 is 0.